The number of ether oxygens (including phenoxy) is 1. The number of aromatic nitrogens is 1. The highest BCUT2D eigenvalue weighted by atomic mass is 79.9. The van der Waals surface area contributed by atoms with Gasteiger partial charge in [-0.15, -0.1) is 0 Å². The van der Waals surface area contributed by atoms with E-state index in [1.165, 1.54) is 11.3 Å². The number of nitrogens with two attached hydrogens (primary N) is 1. The van der Waals surface area contributed by atoms with Gasteiger partial charge in [0.2, 0.25) is 0 Å². The van der Waals surface area contributed by atoms with E-state index in [2.05, 4.69) is 20.9 Å². The molecule has 0 saturated heterocycles. The fourth-order valence-corrected chi connectivity index (χ4v) is 2.06. The summed E-state index contributed by atoms with van der Waals surface area (Å²) in [5.41, 5.74) is 5.17. The zero-order valence-electron chi connectivity index (χ0n) is 8.13. The highest BCUT2D eigenvalue weighted by Gasteiger charge is 2.22. The van der Waals surface area contributed by atoms with Gasteiger partial charge < -0.3 is 10.5 Å². The molecule has 0 aliphatic carbocycles. The first-order chi connectivity index (χ1) is 6.29. The second-order valence-corrected chi connectivity index (χ2v) is 6.02. The van der Waals surface area contributed by atoms with Crippen molar-refractivity contribution in [2.75, 3.05) is 5.73 Å². The summed E-state index contributed by atoms with van der Waals surface area (Å²) in [6, 6.07) is 0. The fourth-order valence-electron chi connectivity index (χ4n) is 0.769. The number of esters is 1. The molecule has 0 saturated carbocycles. The summed E-state index contributed by atoms with van der Waals surface area (Å²) >= 11 is 4.41. The summed E-state index contributed by atoms with van der Waals surface area (Å²) in [5, 5.41) is 0.345. The summed E-state index contributed by atoms with van der Waals surface area (Å²) in [5.74, 6) is -0.461. The highest BCUT2D eigenvalue weighted by Crippen LogP contribution is 2.27. The first-order valence-electron chi connectivity index (χ1n) is 3.95. The van der Waals surface area contributed by atoms with Crippen LogP contribution in [0.2, 0.25) is 0 Å². The van der Waals surface area contributed by atoms with Gasteiger partial charge in [-0.05, 0) is 36.7 Å². The van der Waals surface area contributed by atoms with E-state index in [9.17, 15) is 4.79 Å². The van der Waals surface area contributed by atoms with Crippen molar-refractivity contribution < 1.29 is 9.53 Å². The number of hydrogen-bond acceptors (Lipinski definition) is 5. The molecule has 1 aromatic heterocycles. The number of thiazole rings is 1. The molecule has 6 heteroatoms. The molecule has 0 bridgehead atoms. The molecule has 2 N–H and O–H groups in total. The first-order valence-corrected chi connectivity index (χ1v) is 5.55. The maximum absolute atomic E-state index is 11.5. The van der Waals surface area contributed by atoms with E-state index in [-0.39, 0.29) is 5.69 Å². The Morgan fingerprint density at radius 1 is 1.57 bits per heavy atom. The number of hydrogen-bond donors (Lipinski definition) is 1. The molecule has 1 heterocycles. The third-order valence-electron chi connectivity index (χ3n) is 1.19. The summed E-state index contributed by atoms with van der Waals surface area (Å²) < 4.78 is 5.74. The van der Waals surface area contributed by atoms with Crippen molar-refractivity contribution in [3.63, 3.8) is 0 Å². The SMILES string of the molecule is CC(C)(C)OC(=O)c1nc(N)sc1Br. The number of halogens is 1. The van der Waals surface area contributed by atoms with Crippen molar-refractivity contribution in [1.82, 2.24) is 4.98 Å². The van der Waals surface area contributed by atoms with E-state index in [1.54, 1.807) is 20.8 Å². The van der Waals surface area contributed by atoms with Crippen LogP contribution < -0.4 is 5.73 Å². The van der Waals surface area contributed by atoms with Crippen molar-refractivity contribution in [3.05, 3.63) is 9.48 Å². The van der Waals surface area contributed by atoms with E-state index >= 15 is 0 Å². The smallest absolute Gasteiger partial charge is 0.359 e. The maximum Gasteiger partial charge on any atom is 0.359 e. The van der Waals surface area contributed by atoms with Gasteiger partial charge in [0.15, 0.2) is 10.8 Å². The zero-order chi connectivity index (χ0) is 10.9. The number of nitrogens with zero attached hydrogens (tertiary/aromatic N) is 1. The van der Waals surface area contributed by atoms with Gasteiger partial charge in [0.25, 0.3) is 0 Å². The maximum atomic E-state index is 11.5. The number of carbonyl (C=O) groups excluding carboxylic acids is 1. The monoisotopic (exact) mass is 278 g/mol. The molecule has 0 aliphatic rings. The zero-order valence-corrected chi connectivity index (χ0v) is 10.5. The van der Waals surface area contributed by atoms with E-state index in [4.69, 9.17) is 10.5 Å². The first kappa shape index (κ1) is 11.5. The third-order valence-corrected chi connectivity index (χ3v) is 2.73. The number of nitrogen functional groups attached to an aromatic ring is 1. The molecule has 78 valence electrons. The van der Waals surface area contributed by atoms with Crippen molar-refractivity contribution in [3.8, 4) is 0 Å². The second kappa shape index (κ2) is 3.86. The topological polar surface area (TPSA) is 65.2 Å². The van der Waals surface area contributed by atoms with Crippen molar-refractivity contribution in [1.29, 1.82) is 0 Å². The highest BCUT2D eigenvalue weighted by molar-refractivity contribution is 9.11. The summed E-state index contributed by atoms with van der Waals surface area (Å²) in [7, 11) is 0. The molecule has 0 aromatic carbocycles. The quantitative estimate of drug-likeness (QED) is 0.802. The van der Waals surface area contributed by atoms with Gasteiger partial charge in [-0.2, -0.15) is 0 Å². The Bertz CT molecular complexity index is 357. The van der Waals surface area contributed by atoms with Gasteiger partial charge in [0.1, 0.15) is 9.39 Å². The predicted molar refractivity (Wildman–Crippen MR) is 59.4 cm³/mol. The van der Waals surface area contributed by atoms with Crippen LogP contribution in [0.3, 0.4) is 0 Å². The normalized spacial score (nSPS) is 11.4. The van der Waals surface area contributed by atoms with Crippen LogP contribution in [-0.2, 0) is 4.74 Å². The van der Waals surface area contributed by atoms with Gasteiger partial charge in [-0.3, -0.25) is 0 Å². The van der Waals surface area contributed by atoms with Gasteiger partial charge >= 0.3 is 5.97 Å². The Hall–Kier alpha value is -0.620. The number of rotatable bonds is 1. The molecule has 0 amide bonds. The van der Waals surface area contributed by atoms with Crippen molar-refractivity contribution in [2.45, 2.75) is 26.4 Å². The molecule has 0 spiro atoms. The molecule has 0 atom stereocenters. The fraction of sp³-hybridized carbons (Fsp3) is 0.500. The summed E-state index contributed by atoms with van der Waals surface area (Å²) in [4.78, 5) is 15.4. The third kappa shape index (κ3) is 2.95. The minimum absolute atomic E-state index is 0.238. The van der Waals surface area contributed by atoms with Gasteiger partial charge in [-0.25, -0.2) is 9.78 Å². The summed E-state index contributed by atoms with van der Waals surface area (Å²) in [6.45, 7) is 5.40. The van der Waals surface area contributed by atoms with Crippen LogP contribution in [0, 0.1) is 0 Å². The van der Waals surface area contributed by atoms with Gasteiger partial charge in [-0.1, -0.05) is 11.3 Å². The lowest BCUT2D eigenvalue weighted by Gasteiger charge is -2.18. The molecule has 0 unspecified atom stereocenters. The lowest BCUT2D eigenvalue weighted by molar-refractivity contribution is 0.00628. The Labute approximate surface area is 94.6 Å². The molecule has 1 aromatic rings. The Kier molecular flexibility index (Phi) is 3.16. The minimum Gasteiger partial charge on any atom is -0.455 e. The minimum atomic E-state index is -0.519. The average Bonchev–Trinajstić information content (AvgIpc) is 2.26. The van der Waals surface area contributed by atoms with E-state index in [0.29, 0.717) is 8.92 Å². The lowest BCUT2D eigenvalue weighted by Crippen LogP contribution is -2.24. The molecule has 14 heavy (non-hydrogen) atoms. The molecule has 1 rings (SSSR count). The Balaban J connectivity index is 2.85. The van der Waals surface area contributed by atoms with Crippen LogP contribution >= 0.6 is 27.3 Å². The van der Waals surface area contributed by atoms with E-state index in [1.807, 2.05) is 0 Å². The molecular weight excluding hydrogens is 268 g/mol. The molecule has 0 radical (unpaired) electrons. The molecular formula is C8H11BrN2O2S. The van der Waals surface area contributed by atoms with Gasteiger partial charge in [0.05, 0.1) is 0 Å². The van der Waals surface area contributed by atoms with Gasteiger partial charge in [0, 0.05) is 0 Å². The average molecular weight is 279 g/mol. The molecule has 0 aliphatic heterocycles. The standard InChI is InChI=1S/C8H11BrN2O2S/c1-8(2,3)13-6(12)4-5(9)14-7(10)11-4/h1-3H3,(H2,10,11). The lowest BCUT2D eigenvalue weighted by atomic mass is 10.2. The Morgan fingerprint density at radius 2 is 2.14 bits per heavy atom. The van der Waals surface area contributed by atoms with Crippen LogP contribution in [0.25, 0.3) is 0 Å². The number of anilines is 1. The molecule has 4 nitrogen and oxygen atoms in total. The summed E-state index contributed by atoms with van der Waals surface area (Å²) in [6.07, 6.45) is 0. The second-order valence-electron chi connectivity index (χ2n) is 3.68. The predicted octanol–water partition coefficient (Wildman–Crippen LogP) is 2.44. The van der Waals surface area contributed by atoms with Crippen LogP contribution in [-0.4, -0.2) is 16.6 Å². The van der Waals surface area contributed by atoms with Crippen LogP contribution in [0.1, 0.15) is 31.3 Å². The van der Waals surface area contributed by atoms with Crippen molar-refractivity contribution in [2.24, 2.45) is 0 Å². The van der Waals surface area contributed by atoms with E-state index in [0.717, 1.165) is 0 Å². The Morgan fingerprint density at radius 3 is 2.50 bits per heavy atom. The number of carbonyl (C=O) groups is 1. The van der Waals surface area contributed by atoms with E-state index < -0.39 is 11.6 Å². The van der Waals surface area contributed by atoms with Crippen LogP contribution in [0.4, 0.5) is 5.13 Å². The largest absolute Gasteiger partial charge is 0.455 e. The van der Waals surface area contributed by atoms with Crippen molar-refractivity contribution >= 4 is 38.4 Å². The molecule has 0 fully saturated rings. The van der Waals surface area contributed by atoms with Crippen LogP contribution in [0.15, 0.2) is 3.79 Å². The van der Waals surface area contributed by atoms with Crippen LogP contribution in [0.5, 0.6) is 0 Å².